The number of hydrogen-bond donors (Lipinski definition) is 0. The summed E-state index contributed by atoms with van der Waals surface area (Å²) in [6.45, 7) is 2.30. The molecule has 32 heavy (non-hydrogen) atoms. The first-order valence-electron chi connectivity index (χ1n) is 11.5. The first-order valence-corrected chi connectivity index (χ1v) is 11.5. The second kappa shape index (κ2) is 8.85. The maximum absolute atomic E-state index is 2.55. The minimum Gasteiger partial charge on any atom is -0.0653 e. The lowest BCUT2D eigenvalue weighted by Gasteiger charge is -2.33. The average Bonchev–Trinajstić information content (AvgIpc) is 3.22. The van der Waals surface area contributed by atoms with E-state index in [1.165, 1.54) is 39.0 Å². The van der Waals surface area contributed by atoms with Crippen molar-refractivity contribution in [2.45, 2.75) is 25.2 Å². The van der Waals surface area contributed by atoms with Gasteiger partial charge in [0.05, 0.1) is 0 Å². The van der Waals surface area contributed by atoms with E-state index in [9.17, 15) is 0 Å². The molecule has 0 nitrogen and oxygen atoms in total. The highest BCUT2D eigenvalue weighted by molar-refractivity contribution is 6.21. The van der Waals surface area contributed by atoms with E-state index < -0.39 is 0 Å². The Hall–Kier alpha value is -3.64. The molecule has 1 aliphatic rings. The molecule has 0 heterocycles. The zero-order valence-corrected chi connectivity index (χ0v) is 18.5. The molecule has 0 spiro atoms. The summed E-state index contributed by atoms with van der Waals surface area (Å²) in [7, 11) is 0. The van der Waals surface area contributed by atoms with Crippen LogP contribution in [0.3, 0.4) is 0 Å². The third kappa shape index (κ3) is 3.52. The van der Waals surface area contributed by atoms with Crippen molar-refractivity contribution < 1.29 is 0 Å². The highest BCUT2D eigenvalue weighted by atomic mass is 14.4. The van der Waals surface area contributed by atoms with Gasteiger partial charge in [0.25, 0.3) is 0 Å². The van der Waals surface area contributed by atoms with Crippen LogP contribution in [0.2, 0.25) is 0 Å². The van der Waals surface area contributed by atoms with Crippen molar-refractivity contribution in [1.82, 2.24) is 0 Å². The lowest BCUT2D eigenvalue weighted by Crippen LogP contribution is -2.24. The Morgan fingerprint density at radius 1 is 0.531 bits per heavy atom. The highest BCUT2D eigenvalue weighted by Crippen LogP contribution is 2.56. The molecule has 1 atom stereocenters. The van der Waals surface area contributed by atoms with Gasteiger partial charge in [0.1, 0.15) is 0 Å². The Morgan fingerprint density at radius 2 is 1.00 bits per heavy atom. The lowest BCUT2D eigenvalue weighted by atomic mass is 9.70. The largest absolute Gasteiger partial charge is 0.0653 e. The fraction of sp³-hybridized carbons (Fsp3) is 0.125. The van der Waals surface area contributed by atoms with Crippen LogP contribution in [-0.2, 0) is 5.41 Å². The van der Waals surface area contributed by atoms with Gasteiger partial charge < -0.3 is 0 Å². The molecule has 0 aliphatic heterocycles. The quantitative estimate of drug-likeness (QED) is 0.298. The Kier molecular flexibility index (Phi) is 5.60. The van der Waals surface area contributed by atoms with Crippen LogP contribution in [0, 0.1) is 0 Å². The van der Waals surface area contributed by atoms with Crippen molar-refractivity contribution in [1.29, 1.82) is 0 Å². The molecule has 0 heteroatoms. The summed E-state index contributed by atoms with van der Waals surface area (Å²) in [4.78, 5) is 0. The molecular formula is C32H28. The predicted octanol–water partition coefficient (Wildman–Crippen LogP) is 8.43. The van der Waals surface area contributed by atoms with Crippen molar-refractivity contribution in [2.24, 2.45) is 0 Å². The summed E-state index contributed by atoms with van der Waals surface area (Å²) >= 11 is 0. The van der Waals surface area contributed by atoms with E-state index >= 15 is 0 Å². The summed E-state index contributed by atoms with van der Waals surface area (Å²) < 4.78 is 0. The standard InChI is InChI=1S/C32H28/c1-2-23-32(28-21-13-6-14-22-28)24-29(25-15-7-3-8-16-25)30(26-17-9-4-10-18-26)31(32)27-19-11-5-12-20-27/h3-22,24H,2,23H2,1H3. The molecule has 5 rings (SSSR count). The first-order chi connectivity index (χ1) is 15.8. The van der Waals surface area contributed by atoms with Crippen molar-refractivity contribution >= 4 is 16.7 Å². The van der Waals surface area contributed by atoms with Crippen molar-refractivity contribution in [2.75, 3.05) is 0 Å². The Bertz CT molecular complexity index is 1230. The second-order valence-corrected chi connectivity index (χ2v) is 8.49. The van der Waals surface area contributed by atoms with Crippen LogP contribution < -0.4 is 0 Å². The van der Waals surface area contributed by atoms with Gasteiger partial charge in [-0.25, -0.2) is 0 Å². The van der Waals surface area contributed by atoms with Gasteiger partial charge >= 0.3 is 0 Å². The first kappa shape index (κ1) is 20.3. The van der Waals surface area contributed by atoms with E-state index in [0.717, 1.165) is 12.8 Å². The number of benzene rings is 4. The molecule has 0 amide bonds. The maximum atomic E-state index is 2.55. The van der Waals surface area contributed by atoms with Gasteiger partial charge in [-0.3, -0.25) is 0 Å². The van der Waals surface area contributed by atoms with Crippen LogP contribution in [0.5, 0.6) is 0 Å². The van der Waals surface area contributed by atoms with Crippen molar-refractivity contribution in [3.8, 4) is 0 Å². The van der Waals surface area contributed by atoms with Crippen LogP contribution in [0.4, 0.5) is 0 Å². The van der Waals surface area contributed by atoms with Gasteiger partial charge in [-0.05, 0) is 45.4 Å². The Morgan fingerprint density at radius 3 is 1.53 bits per heavy atom. The SMILES string of the molecule is CCCC1(c2ccccc2)C=C(c2ccccc2)C(c2ccccc2)=C1c1ccccc1. The molecule has 1 aliphatic carbocycles. The zero-order valence-electron chi connectivity index (χ0n) is 18.5. The third-order valence-corrected chi connectivity index (χ3v) is 6.50. The fourth-order valence-corrected chi connectivity index (χ4v) is 5.20. The summed E-state index contributed by atoms with van der Waals surface area (Å²) in [6.07, 6.45) is 4.71. The lowest BCUT2D eigenvalue weighted by molar-refractivity contribution is 0.612. The van der Waals surface area contributed by atoms with E-state index in [0.29, 0.717) is 0 Å². The van der Waals surface area contributed by atoms with E-state index in [4.69, 9.17) is 0 Å². The molecule has 0 fully saturated rings. The monoisotopic (exact) mass is 412 g/mol. The fourth-order valence-electron chi connectivity index (χ4n) is 5.20. The normalized spacial score (nSPS) is 18.0. The van der Waals surface area contributed by atoms with Gasteiger partial charge in [-0.15, -0.1) is 0 Å². The van der Waals surface area contributed by atoms with Crippen LogP contribution in [0.15, 0.2) is 127 Å². The second-order valence-electron chi connectivity index (χ2n) is 8.49. The molecule has 1 unspecified atom stereocenters. The Balaban J connectivity index is 1.90. The molecule has 0 saturated carbocycles. The molecule has 0 N–H and O–H groups in total. The molecule has 0 bridgehead atoms. The third-order valence-electron chi connectivity index (χ3n) is 6.50. The average molecular weight is 413 g/mol. The summed E-state index contributed by atoms with van der Waals surface area (Å²) in [5, 5.41) is 0. The van der Waals surface area contributed by atoms with Gasteiger partial charge in [0.2, 0.25) is 0 Å². The maximum Gasteiger partial charge on any atom is 0.0403 e. The summed E-state index contributed by atoms with van der Waals surface area (Å²) in [5.41, 5.74) is 9.12. The molecule has 0 aromatic heterocycles. The van der Waals surface area contributed by atoms with Gasteiger partial charge in [-0.1, -0.05) is 141 Å². The van der Waals surface area contributed by atoms with Crippen LogP contribution >= 0.6 is 0 Å². The highest BCUT2D eigenvalue weighted by Gasteiger charge is 2.42. The number of rotatable bonds is 6. The number of allylic oxidation sites excluding steroid dienone is 4. The van der Waals surface area contributed by atoms with Crippen LogP contribution in [0.25, 0.3) is 16.7 Å². The van der Waals surface area contributed by atoms with Crippen molar-refractivity contribution in [3.63, 3.8) is 0 Å². The molecule has 0 saturated heterocycles. The molecule has 156 valence electrons. The molecular weight excluding hydrogens is 384 g/mol. The van der Waals surface area contributed by atoms with Crippen LogP contribution in [-0.4, -0.2) is 0 Å². The summed E-state index contributed by atoms with van der Waals surface area (Å²) in [6, 6.07) is 43.8. The van der Waals surface area contributed by atoms with Crippen LogP contribution in [0.1, 0.15) is 42.0 Å². The van der Waals surface area contributed by atoms with E-state index in [1.54, 1.807) is 0 Å². The minimum atomic E-state index is -0.173. The number of hydrogen-bond acceptors (Lipinski definition) is 0. The van der Waals surface area contributed by atoms with Gasteiger partial charge in [0.15, 0.2) is 0 Å². The predicted molar refractivity (Wildman–Crippen MR) is 137 cm³/mol. The van der Waals surface area contributed by atoms with E-state index in [1.807, 2.05) is 0 Å². The van der Waals surface area contributed by atoms with Gasteiger partial charge in [0, 0.05) is 5.41 Å². The minimum absolute atomic E-state index is 0.173. The summed E-state index contributed by atoms with van der Waals surface area (Å²) in [5.74, 6) is 0. The topological polar surface area (TPSA) is 0 Å². The smallest absolute Gasteiger partial charge is 0.0403 e. The Labute approximate surface area is 191 Å². The molecule has 4 aromatic carbocycles. The van der Waals surface area contributed by atoms with Crippen molar-refractivity contribution in [3.05, 3.63) is 150 Å². The zero-order chi connectivity index (χ0) is 21.8. The van der Waals surface area contributed by atoms with E-state index in [2.05, 4.69) is 134 Å². The van der Waals surface area contributed by atoms with Gasteiger partial charge in [-0.2, -0.15) is 0 Å². The van der Waals surface area contributed by atoms with E-state index in [-0.39, 0.29) is 5.41 Å². The molecule has 0 radical (unpaired) electrons. The molecule has 4 aromatic rings.